The van der Waals surface area contributed by atoms with E-state index in [9.17, 15) is 8.42 Å². The fourth-order valence-electron chi connectivity index (χ4n) is 1.86. The van der Waals surface area contributed by atoms with Crippen LogP contribution in [0.3, 0.4) is 0 Å². The lowest BCUT2D eigenvalue weighted by Gasteiger charge is -2.07. The van der Waals surface area contributed by atoms with E-state index in [4.69, 9.17) is 15.8 Å². The second-order valence-corrected chi connectivity index (χ2v) is 6.14. The highest BCUT2D eigenvalue weighted by Gasteiger charge is 2.25. The molecule has 2 aromatic heterocycles. The number of aromatic nitrogens is 3. The molecule has 21 heavy (non-hydrogen) atoms. The summed E-state index contributed by atoms with van der Waals surface area (Å²) in [6.07, 6.45) is 2.87. The van der Waals surface area contributed by atoms with E-state index < -0.39 is 10.1 Å². The van der Waals surface area contributed by atoms with E-state index in [1.807, 2.05) is 12.1 Å². The first-order valence-corrected chi connectivity index (χ1v) is 7.73. The maximum absolute atomic E-state index is 12.3. The Labute approximate surface area is 126 Å². The highest BCUT2D eigenvalue weighted by molar-refractivity contribution is 7.87. The Morgan fingerprint density at radius 3 is 2.67 bits per heavy atom. The van der Waals surface area contributed by atoms with E-state index in [0.717, 1.165) is 5.39 Å². The Balaban J connectivity index is 2.08. The molecule has 0 N–H and O–H groups in total. The van der Waals surface area contributed by atoms with Gasteiger partial charge in [-0.1, -0.05) is 29.8 Å². The molecular weight excluding hydrogens is 314 g/mol. The van der Waals surface area contributed by atoms with Crippen LogP contribution in [0.15, 0.2) is 47.9 Å². The predicted octanol–water partition coefficient (Wildman–Crippen LogP) is 2.39. The number of para-hydroxylation sites is 1. The topological polar surface area (TPSA) is 74.1 Å². The van der Waals surface area contributed by atoms with Crippen LogP contribution in [0.5, 0.6) is 5.75 Å². The van der Waals surface area contributed by atoms with E-state index in [0.29, 0.717) is 5.52 Å². The standard InChI is InChI=1S/C13H10ClN3O3S/c1-17-8-16-13(12(17)14)21(18,19)20-10-6-2-4-9-5-3-7-15-11(9)10/h2-8H,1H3. The van der Waals surface area contributed by atoms with E-state index in [2.05, 4.69) is 9.97 Å². The maximum Gasteiger partial charge on any atom is 0.360 e. The minimum absolute atomic E-state index is 0.0109. The van der Waals surface area contributed by atoms with Gasteiger partial charge in [0.15, 0.2) is 10.9 Å². The van der Waals surface area contributed by atoms with Gasteiger partial charge in [-0.3, -0.25) is 4.98 Å². The molecule has 2 heterocycles. The largest absolute Gasteiger partial charge is 0.375 e. The molecule has 0 amide bonds. The van der Waals surface area contributed by atoms with Crippen LogP contribution >= 0.6 is 11.6 Å². The van der Waals surface area contributed by atoms with Crippen molar-refractivity contribution in [3.05, 3.63) is 48.0 Å². The van der Waals surface area contributed by atoms with Gasteiger partial charge in [-0.15, -0.1) is 0 Å². The molecule has 0 atom stereocenters. The van der Waals surface area contributed by atoms with Gasteiger partial charge < -0.3 is 8.75 Å². The summed E-state index contributed by atoms with van der Waals surface area (Å²) >= 11 is 5.90. The van der Waals surface area contributed by atoms with Crippen LogP contribution in [0, 0.1) is 0 Å². The number of benzene rings is 1. The third-order valence-electron chi connectivity index (χ3n) is 2.87. The fraction of sp³-hybridized carbons (Fsp3) is 0.0769. The number of hydrogen-bond acceptors (Lipinski definition) is 5. The number of fused-ring (bicyclic) bond motifs is 1. The number of imidazole rings is 1. The molecule has 1 aromatic carbocycles. The zero-order valence-electron chi connectivity index (χ0n) is 10.9. The van der Waals surface area contributed by atoms with Gasteiger partial charge in [0, 0.05) is 18.6 Å². The molecule has 0 aliphatic carbocycles. The molecule has 0 fully saturated rings. The zero-order chi connectivity index (χ0) is 15.0. The third kappa shape index (κ3) is 2.45. The van der Waals surface area contributed by atoms with Crippen LogP contribution in [0.4, 0.5) is 0 Å². The van der Waals surface area contributed by atoms with Crippen molar-refractivity contribution in [2.45, 2.75) is 5.03 Å². The summed E-state index contributed by atoms with van der Waals surface area (Å²) < 4.78 is 31.1. The highest BCUT2D eigenvalue weighted by atomic mass is 35.5. The molecule has 0 aliphatic heterocycles. The van der Waals surface area contributed by atoms with E-state index in [1.54, 1.807) is 25.4 Å². The monoisotopic (exact) mass is 323 g/mol. The summed E-state index contributed by atoms with van der Waals surface area (Å²) in [6, 6.07) is 8.61. The lowest BCUT2D eigenvalue weighted by molar-refractivity contribution is 0.485. The van der Waals surface area contributed by atoms with Gasteiger partial charge in [0.25, 0.3) is 0 Å². The van der Waals surface area contributed by atoms with Crippen LogP contribution in [0.25, 0.3) is 10.9 Å². The summed E-state index contributed by atoms with van der Waals surface area (Å²) in [4.78, 5) is 7.90. The summed E-state index contributed by atoms with van der Waals surface area (Å²) in [5.41, 5.74) is 0.454. The van der Waals surface area contributed by atoms with Crippen molar-refractivity contribution in [3.8, 4) is 5.75 Å². The Bertz CT molecular complexity index is 916. The Morgan fingerprint density at radius 2 is 1.95 bits per heavy atom. The molecule has 0 bridgehead atoms. The number of nitrogens with zero attached hydrogens (tertiary/aromatic N) is 3. The number of aryl methyl sites for hydroxylation is 1. The third-order valence-corrected chi connectivity index (χ3v) is 4.60. The van der Waals surface area contributed by atoms with Crippen LogP contribution in [0.2, 0.25) is 5.15 Å². The number of pyridine rings is 1. The van der Waals surface area contributed by atoms with Crippen molar-refractivity contribution in [1.82, 2.24) is 14.5 Å². The Hall–Kier alpha value is -2.12. The van der Waals surface area contributed by atoms with Gasteiger partial charge in [0.2, 0.25) is 5.03 Å². The predicted molar refractivity (Wildman–Crippen MR) is 77.8 cm³/mol. The van der Waals surface area contributed by atoms with Gasteiger partial charge in [-0.05, 0) is 12.1 Å². The van der Waals surface area contributed by atoms with E-state index >= 15 is 0 Å². The molecule has 0 unspecified atom stereocenters. The Morgan fingerprint density at radius 1 is 1.19 bits per heavy atom. The Kier molecular flexibility index (Phi) is 3.30. The average molecular weight is 324 g/mol. The molecule has 8 heteroatoms. The van der Waals surface area contributed by atoms with Crippen molar-refractivity contribution in [3.63, 3.8) is 0 Å². The van der Waals surface area contributed by atoms with Crippen molar-refractivity contribution in [2.75, 3.05) is 0 Å². The molecule has 0 aliphatic rings. The lowest BCUT2D eigenvalue weighted by atomic mass is 10.2. The quantitative estimate of drug-likeness (QED) is 0.692. The van der Waals surface area contributed by atoms with Gasteiger partial charge in [0.1, 0.15) is 5.52 Å². The molecule has 108 valence electrons. The first-order valence-electron chi connectivity index (χ1n) is 5.94. The normalized spacial score (nSPS) is 11.7. The smallest absolute Gasteiger partial charge is 0.360 e. The van der Waals surface area contributed by atoms with Gasteiger partial charge in [-0.2, -0.15) is 8.42 Å². The summed E-state index contributed by atoms with van der Waals surface area (Å²) in [5, 5.41) is 0.445. The molecule has 0 radical (unpaired) electrons. The van der Waals surface area contributed by atoms with Crippen molar-refractivity contribution in [1.29, 1.82) is 0 Å². The summed E-state index contributed by atoms with van der Waals surface area (Å²) in [7, 11) is -2.53. The molecule has 0 saturated carbocycles. The minimum atomic E-state index is -4.12. The molecule has 0 spiro atoms. The fourth-order valence-corrected chi connectivity index (χ4v) is 3.21. The van der Waals surface area contributed by atoms with Crippen LogP contribution in [-0.2, 0) is 17.2 Å². The first kappa shape index (κ1) is 13.8. The van der Waals surface area contributed by atoms with Crippen molar-refractivity contribution < 1.29 is 12.6 Å². The minimum Gasteiger partial charge on any atom is -0.375 e. The zero-order valence-corrected chi connectivity index (χ0v) is 12.5. The second-order valence-electron chi connectivity index (χ2n) is 4.32. The summed E-state index contributed by atoms with van der Waals surface area (Å²) in [5.74, 6) is 0.134. The average Bonchev–Trinajstić information content (AvgIpc) is 2.80. The lowest BCUT2D eigenvalue weighted by Crippen LogP contribution is -2.11. The molecule has 0 saturated heterocycles. The molecule has 3 aromatic rings. The molecular formula is C13H10ClN3O3S. The van der Waals surface area contributed by atoms with Crippen molar-refractivity contribution >= 4 is 32.6 Å². The van der Waals surface area contributed by atoms with Crippen LogP contribution in [0.1, 0.15) is 0 Å². The van der Waals surface area contributed by atoms with Crippen LogP contribution < -0.4 is 4.18 Å². The first-order chi connectivity index (χ1) is 9.99. The highest BCUT2D eigenvalue weighted by Crippen LogP contribution is 2.28. The van der Waals surface area contributed by atoms with Gasteiger partial charge in [-0.25, -0.2) is 4.98 Å². The number of hydrogen-bond donors (Lipinski definition) is 0. The molecule has 6 nitrogen and oxygen atoms in total. The SMILES string of the molecule is Cn1cnc(S(=O)(=O)Oc2cccc3cccnc23)c1Cl. The number of rotatable bonds is 3. The summed E-state index contributed by atoms with van der Waals surface area (Å²) in [6.45, 7) is 0. The van der Waals surface area contributed by atoms with Crippen molar-refractivity contribution in [2.24, 2.45) is 7.05 Å². The maximum atomic E-state index is 12.3. The second kappa shape index (κ2) is 5.01. The van der Waals surface area contributed by atoms with E-state index in [1.165, 1.54) is 17.0 Å². The van der Waals surface area contributed by atoms with Gasteiger partial charge in [0.05, 0.1) is 6.33 Å². The number of halogens is 1. The van der Waals surface area contributed by atoms with E-state index in [-0.39, 0.29) is 15.9 Å². The molecule has 3 rings (SSSR count). The van der Waals surface area contributed by atoms with Crippen LogP contribution in [-0.4, -0.2) is 23.0 Å². The van der Waals surface area contributed by atoms with Gasteiger partial charge >= 0.3 is 10.1 Å².